The van der Waals surface area contributed by atoms with Gasteiger partial charge in [0.2, 0.25) is 5.92 Å². The van der Waals surface area contributed by atoms with Crippen LogP contribution in [0.2, 0.25) is 0 Å². The molecular formula is C16H23F2NO. The minimum atomic E-state index is -2.47. The van der Waals surface area contributed by atoms with Gasteiger partial charge < -0.3 is 10.1 Å². The largest absolute Gasteiger partial charge is 0.497 e. The summed E-state index contributed by atoms with van der Waals surface area (Å²) in [5.41, 5.74) is 2.32. The van der Waals surface area contributed by atoms with Crippen LogP contribution in [0.3, 0.4) is 0 Å². The number of nitrogens with one attached hydrogen (secondary N) is 1. The SMILES string of the molecule is CNC(c1ccc(OC)cc1C)C1CCC(F)(F)CC1. The Bertz CT molecular complexity index is 452. The summed E-state index contributed by atoms with van der Waals surface area (Å²) in [5.74, 6) is -1.37. The van der Waals surface area contributed by atoms with E-state index in [1.807, 2.05) is 32.2 Å². The molecule has 0 bridgehead atoms. The Labute approximate surface area is 119 Å². The van der Waals surface area contributed by atoms with Crippen LogP contribution >= 0.6 is 0 Å². The second kappa shape index (κ2) is 6.08. The lowest BCUT2D eigenvalue weighted by molar-refractivity contribution is -0.0495. The number of ether oxygens (including phenoxy) is 1. The first-order valence-electron chi connectivity index (χ1n) is 7.16. The maximum absolute atomic E-state index is 13.3. The summed E-state index contributed by atoms with van der Waals surface area (Å²) in [6, 6.07) is 6.11. The molecule has 0 radical (unpaired) electrons. The van der Waals surface area contributed by atoms with E-state index in [1.165, 1.54) is 5.56 Å². The first kappa shape index (κ1) is 15.2. The number of methoxy groups -OCH3 is 1. The van der Waals surface area contributed by atoms with Crippen LogP contribution in [0, 0.1) is 12.8 Å². The number of halogens is 2. The smallest absolute Gasteiger partial charge is 0.248 e. The molecule has 1 fully saturated rings. The highest BCUT2D eigenvalue weighted by Crippen LogP contribution is 2.42. The van der Waals surface area contributed by atoms with Crippen molar-refractivity contribution in [3.8, 4) is 5.75 Å². The van der Waals surface area contributed by atoms with Crippen LogP contribution < -0.4 is 10.1 Å². The zero-order chi connectivity index (χ0) is 14.8. The quantitative estimate of drug-likeness (QED) is 0.898. The molecule has 0 aliphatic heterocycles. The molecule has 2 nitrogen and oxygen atoms in total. The van der Waals surface area contributed by atoms with Gasteiger partial charge >= 0.3 is 0 Å². The molecule has 2 rings (SSSR count). The zero-order valence-corrected chi connectivity index (χ0v) is 12.4. The number of aryl methyl sites for hydroxylation is 1. The van der Waals surface area contributed by atoms with Gasteiger partial charge in [0.1, 0.15) is 5.75 Å². The van der Waals surface area contributed by atoms with E-state index in [-0.39, 0.29) is 24.8 Å². The van der Waals surface area contributed by atoms with Crippen molar-refractivity contribution < 1.29 is 13.5 Å². The van der Waals surface area contributed by atoms with E-state index in [0.717, 1.165) is 11.3 Å². The molecule has 1 N–H and O–H groups in total. The molecule has 20 heavy (non-hydrogen) atoms. The van der Waals surface area contributed by atoms with Crippen LogP contribution in [0.25, 0.3) is 0 Å². The van der Waals surface area contributed by atoms with E-state index < -0.39 is 5.92 Å². The van der Waals surface area contributed by atoms with Gasteiger partial charge in [-0.25, -0.2) is 8.78 Å². The number of hydrogen-bond donors (Lipinski definition) is 1. The van der Waals surface area contributed by atoms with Crippen LogP contribution in [-0.4, -0.2) is 20.1 Å². The Morgan fingerprint density at radius 2 is 1.95 bits per heavy atom. The van der Waals surface area contributed by atoms with Gasteiger partial charge in [-0.05, 0) is 56.0 Å². The Morgan fingerprint density at radius 3 is 2.45 bits per heavy atom. The molecule has 0 saturated heterocycles. The Balaban J connectivity index is 2.16. The molecule has 1 aromatic rings. The van der Waals surface area contributed by atoms with Gasteiger partial charge in [0, 0.05) is 18.9 Å². The number of benzene rings is 1. The maximum atomic E-state index is 13.3. The van der Waals surface area contributed by atoms with Crippen molar-refractivity contribution in [3.63, 3.8) is 0 Å². The van der Waals surface area contributed by atoms with Crippen LogP contribution in [0.5, 0.6) is 5.75 Å². The molecule has 0 heterocycles. The lowest BCUT2D eigenvalue weighted by Gasteiger charge is -2.34. The van der Waals surface area contributed by atoms with Crippen LogP contribution in [-0.2, 0) is 0 Å². The molecular weight excluding hydrogens is 260 g/mol. The number of alkyl halides is 2. The van der Waals surface area contributed by atoms with Crippen molar-refractivity contribution in [2.45, 2.75) is 44.6 Å². The van der Waals surface area contributed by atoms with Crippen molar-refractivity contribution in [2.75, 3.05) is 14.2 Å². The minimum absolute atomic E-state index is 0.00501. The third-order valence-electron chi connectivity index (χ3n) is 4.36. The Hall–Kier alpha value is -1.16. The Kier molecular flexibility index (Phi) is 4.63. The van der Waals surface area contributed by atoms with E-state index >= 15 is 0 Å². The molecule has 1 aliphatic rings. The molecule has 0 amide bonds. The molecule has 4 heteroatoms. The van der Waals surface area contributed by atoms with Gasteiger partial charge in [-0.1, -0.05) is 6.07 Å². The minimum Gasteiger partial charge on any atom is -0.497 e. The van der Waals surface area contributed by atoms with E-state index in [0.29, 0.717) is 12.8 Å². The van der Waals surface area contributed by atoms with Crippen molar-refractivity contribution in [1.82, 2.24) is 5.32 Å². The number of hydrogen-bond acceptors (Lipinski definition) is 2. The average molecular weight is 283 g/mol. The fourth-order valence-corrected chi connectivity index (χ4v) is 3.17. The monoisotopic (exact) mass is 283 g/mol. The third-order valence-corrected chi connectivity index (χ3v) is 4.36. The summed E-state index contributed by atoms with van der Waals surface area (Å²) in [7, 11) is 3.55. The van der Waals surface area contributed by atoms with Gasteiger partial charge in [0.25, 0.3) is 0 Å². The lowest BCUT2D eigenvalue weighted by atomic mass is 9.79. The molecule has 1 aliphatic carbocycles. The van der Waals surface area contributed by atoms with E-state index in [1.54, 1.807) is 7.11 Å². The fourth-order valence-electron chi connectivity index (χ4n) is 3.17. The topological polar surface area (TPSA) is 21.3 Å². The van der Waals surface area contributed by atoms with Crippen LogP contribution in [0.4, 0.5) is 8.78 Å². The van der Waals surface area contributed by atoms with Gasteiger partial charge in [-0.3, -0.25) is 0 Å². The zero-order valence-electron chi connectivity index (χ0n) is 12.4. The predicted molar refractivity (Wildman–Crippen MR) is 76.4 cm³/mol. The highest BCUT2D eigenvalue weighted by atomic mass is 19.3. The van der Waals surface area contributed by atoms with Gasteiger partial charge in [-0.2, -0.15) is 0 Å². The second-order valence-corrected chi connectivity index (χ2v) is 5.68. The van der Waals surface area contributed by atoms with Gasteiger partial charge in [0.15, 0.2) is 0 Å². The molecule has 1 aromatic carbocycles. The van der Waals surface area contributed by atoms with E-state index in [2.05, 4.69) is 5.32 Å². The summed E-state index contributed by atoms with van der Waals surface area (Å²) >= 11 is 0. The molecule has 112 valence electrons. The van der Waals surface area contributed by atoms with Crippen molar-refractivity contribution in [2.24, 2.45) is 5.92 Å². The van der Waals surface area contributed by atoms with Crippen molar-refractivity contribution in [3.05, 3.63) is 29.3 Å². The van der Waals surface area contributed by atoms with Crippen LogP contribution in [0.15, 0.2) is 18.2 Å². The molecule has 1 atom stereocenters. The second-order valence-electron chi connectivity index (χ2n) is 5.68. The van der Waals surface area contributed by atoms with Crippen molar-refractivity contribution in [1.29, 1.82) is 0 Å². The lowest BCUT2D eigenvalue weighted by Crippen LogP contribution is -2.33. The summed E-state index contributed by atoms with van der Waals surface area (Å²) in [6.07, 6.45) is 1.16. The van der Waals surface area contributed by atoms with E-state index in [4.69, 9.17) is 4.74 Å². The normalized spacial score (nSPS) is 20.6. The molecule has 1 saturated carbocycles. The Morgan fingerprint density at radius 1 is 1.30 bits per heavy atom. The average Bonchev–Trinajstić information content (AvgIpc) is 2.42. The standard InChI is InChI=1S/C16H23F2NO/c1-11-10-13(20-3)4-5-14(11)15(19-2)12-6-8-16(17,18)9-7-12/h4-5,10,12,15,19H,6-9H2,1-3H3. The summed E-state index contributed by atoms with van der Waals surface area (Å²) in [4.78, 5) is 0. The van der Waals surface area contributed by atoms with Crippen molar-refractivity contribution >= 4 is 0 Å². The highest BCUT2D eigenvalue weighted by molar-refractivity contribution is 5.37. The summed E-state index contributed by atoms with van der Waals surface area (Å²) in [5, 5.41) is 3.31. The summed E-state index contributed by atoms with van der Waals surface area (Å²) in [6.45, 7) is 2.04. The number of rotatable bonds is 4. The highest BCUT2D eigenvalue weighted by Gasteiger charge is 2.37. The predicted octanol–water partition coefficient (Wildman–Crippen LogP) is 4.09. The van der Waals surface area contributed by atoms with Crippen LogP contribution in [0.1, 0.15) is 42.9 Å². The first-order chi connectivity index (χ1) is 9.46. The molecule has 1 unspecified atom stereocenters. The van der Waals surface area contributed by atoms with Gasteiger partial charge in [-0.15, -0.1) is 0 Å². The third kappa shape index (κ3) is 3.29. The van der Waals surface area contributed by atoms with E-state index in [9.17, 15) is 8.78 Å². The van der Waals surface area contributed by atoms with Gasteiger partial charge in [0.05, 0.1) is 7.11 Å². The molecule has 0 spiro atoms. The first-order valence-corrected chi connectivity index (χ1v) is 7.16. The fraction of sp³-hybridized carbons (Fsp3) is 0.625. The maximum Gasteiger partial charge on any atom is 0.248 e. The summed E-state index contributed by atoms with van der Waals surface area (Å²) < 4.78 is 31.8. The molecule has 0 aromatic heterocycles.